The lowest BCUT2D eigenvalue weighted by Crippen LogP contribution is -2.16. The van der Waals surface area contributed by atoms with E-state index in [1.54, 1.807) is 11.8 Å². The van der Waals surface area contributed by atoms with Crippen LogP contribution in [0.4, 0.5) is 0 Å². The quantitative estimate of drug-likeness (QED) is 0.515. The molecule has 0 aromatic carbocycles. The summed E-state index contributed by atoms with van der Waals surface area (Å²) < 4.78 is 0. The van der Waals surface area contributed by atoms with Gasteiger partial charge in [-0.1, -0.05) is 32.9 Å². The van der Waals surface area contributed by atoms with E-state index in [0.717, 1.165) is 0 Å². The largest absolute Gasteiger partial charge is 0.107 e. The molecule has 0 N–H and O–H groups in total. The highest BCUT2D eigenvalue weighted by molar-refractivity contribution is 8.04. The molecule has 0 atom stereocenters. The lowest BCUT2D eigenvalue weighted by atomic mass is 9.81. The highest BCUT2D eigenvalue weighted by Crippen LogP contribution is 2.32. The van der Waals surface area contributed by atoms with Crippen LogP contribution in [0.3, 0.4) is 0 Å². The predicted octanol–water partition coefficient (Wildman–Crippen LogP) is 3.42. The molecule has 0 nitrogen and oxygen atoms in total. The first-order chi connectivity index (χ1) is 4.61. The second-order valence-electron chi connectivity index (χ2n) is 3.68. The normalized spacial score (nSPS) is 19.9. The molecule has 0 spiro atoms. The van der Waals surface area contributed by atoms with E-state index < -0.39 is 0 Å². The van der Waals surface area contributed by atoms with Gasteiger partial charge in [0.15, 0.2) is 0 Å². The second-order valence-corrected chi connectivity index (χ2v) is 4.50. The van der Waals surface area contributed by atoms with E-state index in [-0.39, 0.29) is 0 Å². The molecule has 0 aromatic rings. The molecule has 0 unspecified atom stereocenters. The second kappa shape index (κ2) is 2.83. The summed E-state index contributed by atoms with van der Waals surface area (Å²) in [4.78, 5) is 0. The maximum Gasteiger partial charge on any atom is 0.00117 e. The van der Waals surface area contributed by atoms with Gasteiger partial charge in [0.25, 0.3) is 0 Å². The van der Waals surface area contributed by atoms with Crippen LogP contribution in [0.5, 0.6) is 0 Å². The van der Waals surface area contributed by atoms with Gasteiger partial charge in [0.1, 0.15) is 0 Å². The number of hydrogen-bond donors (Lipinski definition) is 0. The molecule has 0 aromatic heterocycles. The van der Waals surface area contributed by atoms with Gasteiger partial charge in [0.2, 0.25) is 0 Å². The van der Waals surface area contributed by atoms with E-state index >= 15 is 0 Å². The summed E-state index contributed by atoms with van der Waals surface area (Å²) in [5.41, 5.74) is 0.383. The molecular formula is C9H14S. The standard InChI is InChI=1S/C9H14S/c1-9(2,3)8-4-6-10-7-5-8/h4-8H,1-3H3. The van der Waals surface area contributed by atoms with Gasteiger partial charge in [-0.2, -0.15) is 0 Å². The molecule has 1 heteroatoms. The van der Waals surface area contributed by atoms with Crippen molar-refractivity contribution in [3.63, 3.8) is 0 Å². The summed E-state index contributed by atoms with van der Waals surface area (Å²) in [7, 11) is 0. The summed E-state index contributed by atoms with van der Waals surface area (Å²) in [6, 6.07) is 0. The van der Waals surface area contributed by atoms with E-state index in [1.807, 2.05) is 0 Å². The van der Waals surface area contributed by atoms with E-state index in [1.165, 1.54) is 0 Å². The average molecular weight is 154 g/mol. The van der Waals surface area contributed by atoms with Crippen LogP contribution >= 0.6 is 11.8 Å². The Balaban J connectivity index is 2.64. The van der Waals surface area contributed by atoms with Crippen molar-refractivity contribution < 1.29 is 0 Å². The van der Waals surface area contributed by atoms with Gasteiger partial charge >= 0.3 is 0 Å². The van der Waals surface area contributed by atoms with Crippen LogP contribution in [-0.2, 0) is 0 Å². The summed E-state index contributed by atoms with van der Waals surface area (Å²) in [6.45, 7) is 6.80. The predicted molar refractivity (Wildman–Crippen MR) is 48.8 cm³/mol. The van der Waals surface area contributed by atoms with Gasteiger partial charge < -0.3 is 0 Å². The molecule has 1 aliphatic rings. The SMILES string of the molecule is CC(C)(C)C1C=CSC=C1. The fourth-order valence-corrected chi connectivity index (χ4v) is 1.56. The van der Waals surface area contributed by atoms with Gasteiger partial charge in [0.05, 0.1) is 0 Å². The number of hydrogen-bond acceptors (Lipinski definition) is 1. The maximum absolute atomic E-state index is 2.27. The number of allylic oxidation sites excluding steroid dienone is 2. The van der Waals surface area contributed by atoms with Gasteiger partial charge in [0, 0.05) is 5.92 Å². The zero-order valence-corrected chi connectivity index (χ0v) is 7.61. The smallest absolute Gasteiger partial charge is 0.00117 e. The van der Waals surface area contributed by atoms with Crippen molar-refractivity contribution in [1.29, 1.82) is 0 Å². The zero-order chi connectivity index (χ0) is 7.61. The molecule has 1 rings (SSSR count). The van der Waals surface area contributed by atoms with Crippen LogP contribution in [0, 0.1) is 11.3 Å². The summed E-state index contributed by atoms with van der Waals surface area (Å²) >= 11 is 1.75. The van der Waals surface area contributed by atoms with E-state index in [9.17, 15) is 0 Å². The summed E-state index contributed by atoms with van der Waals surface area (Å²) in [6.07, 6.45) is 4.54. The third kappa shape index (κ3) is 1.91. The molecule has 1 aliphatic heterocycles. The van der Waals surface area contributed by atoms with Crippen LogP contribution in [0.25, 0.3) is 0 Å². The average Bonchev–Trinajstić information content (AvgIpc) is 1.88. The van der Waals surface area contributed by atoms with Crippen molar-refractivity contribution in [3.8, 4) is 0 Å². The Bertz CT molecular complexity index is 148. The number of thioether (sulfide) groups is 1. The molecule has 0 saturated carbocycles. The molecule has 0 aliphatic carbocycles. The Morgan fingerprint density at radius 1 is 1.10 bits per heavy atom. The highest BCUT2D eigenvalue weighted by Gasteiger charge is 2.19. The first kappa shape index (κ1) is 7.93. The molecule has 0 bridgehead atoms. The van der Waals surface area contributed by atoms with Gasteiger partial charge in [-0.3, -0.25) is 0 Å². The van der Waals surface area contributed by atoms with Crippen molar-refractivity contribution in [2.75, 3.05) is 0 Å². The summed E-state index contributed by atoms with van der Waals surface area (Å²) in [5.74, 6) is 0.619. The van der Waals surface area contributed by atoms with Crippen LogP contribution in [-0.4, -0.2) is 0 Å². The first-order valence-corrected chi connectivity index (χ1v) is 4.54. The van der Waals surface area contributed by atoms with Crippen molar-refractivity contribution >= 4 is 11.8 Å². The van der Waals surface area contributed by atoms with Crippen molar-refractivity contribution in [2.45, 2.75) is 20.8 Å². The molecule has 0 amide bonds. The molecule has 56 valence electrons. The molecular weight excluding hydrogens is 140 g/mol. The Morgan fingerprint density at radius 2 is 1.60 bits per heavy atom. The van der Waals surface area contributed by atoms with Crippen molar-refractivity contribution in [1.82, 2.24) is 0 Å². The van der Waals surface area contributed by atoms with E-state index in [4.69, 9.17) is 0 Å². The zero-order valence-electron chi connectivity index (χ0n) is 6.79. The maximum atomic E-state index is 2.27. The van der Waals surface area contributed by atoms with Gasteiger partial charge in [-0.25, -0.2) is 0 Å². The van der Waals surface area contributed by atoms with E-state index in [2.05, 4.69) is 43.7 Å². The highest BCUT2D eigenvalue weighted by atomic mass is 32.2. The Kier molecular flexibility index (Phi) is 2.24. The van der Waals surface area contributed by atoms with E-state index in [0.29, 0.717) is 11.3 Å². The Hall–Kier alpha value is -0.170. The third-order valence-electron chi connectivity index (χ3n) is 1.73. The van der Waals surface area contributed by atoms with Crippen LogP contribution in [0.2, 0.25) is 0 Å². The van der Waals surface area contributed by atoms with Crippen LogP contribution in [0.1, 0.15) is 20.8 Å². The molecule has 0 saturated heterocycles. The molecule has 0 radical (unpaired) electrons. The minimum Gasteiger partial charge on any atom is -0.107 e. The van der Waals surface area contributed by atoms with Crippen LogP contribution < -0.4 is 0 Å². The van der Waals surface area contributed by atoms with Crippen molar-refractivity contribution in [3.05, 3.63) is 23.0 Å². The Morgan fingerprint density at radius 3 is 1.90 bits per heavy atom. The van der Waals surface area contributed by atoms with Gasteiger partial charge in [-0.05, 0) is 16.2 Å². The molecule has 1 heterocycles. The topological polar surface area (TPSA) is 0 Å². The fourth-order valence-electron chi connectivity index (χ4n) is 0.947. The lowest BCUT2D eigenvalue weighted by molar-refractivity contribution is 0.344. The lowest BCUT2D eigenvalue weighted by Gasteiger charge is -2.26. The first-order valence-electron chi connectivity index (χ1n) is 3.59. The minimum atomic E-state index is 0.383. The van der Waals surface area contributed by atoms with Crippen LogP contribution in [0.15, 0.2) is 23.0 Å². The fraction of sp³-hybridized carbons (Fsp3) is 0.556. The van der Waals surface area contributed by atoms with Crippen molar-refractivity contribution in [2.24, 2.45) is 11.3 Å². The molecule has 10 heavy (non-hydrogen) atoms. The molecule has 0 fully saturated rings. The summed E-state index contributed by atoms with van der Waals surface area (Å²) in [5, 5.41) is 4.33. The third-order valence-corrected chi connectivity index (χ3v) is 2.36. The number of rotatable bonds is 0. The minimum absolute atomic E-state index is 0.383. The van der Waals surface area contributed by atoms with Gasteiger partial charge in [-0.15, -0.1) is 11.8 Å². The monoisotopic (exact) mass is 154 g/mol. The Labute approximate surface area is 67.4 Å².